The Morgan fingerprint density at radius 1 is 0.846 bits per heavy atom. The van der Waals surface area contributed by atoms with Gasteiger partial charge in [-0.1, -0.05) is 0 Å². The highest BCUT2D eigenvalue weighted by Crippen LogP contribution is 1.79. The predicted molar refractivity (Wildman–Crippen MR) is 52.3 cm³/mol. The van der Waals surface area contributed by atoms with Crippen LogP contribution in [0.4, 0.5) is 0 Å². The van der Waals surface area contributed by atoms with Crippen LogP contribution in [0.5, 0.6) is 0 Å². The van der Waals surface area contributed by atoms with Gasteiger partial charge in [0.25, 0.3) is 0 Å². The number of aliphatic hydroxyl groups excluding tert-OH is 2. The molecule has 0 amide bonds. The summed E-state index contributed by atoms with van der Waals surface area (Å²) >= 11 is 0. The molecule has 0 aromatic heterocycles. The molecule has 0 heterocycles. The van der Waals surface area contributed by atoms with Gasteiger partial charge in [-0.3, -0.25) is 0 Å². The summed E-state index contributed by atoms with van der Waals surface area (Å²) in [5.74, 6) is 0. The van der Waals surface area contributed by atoms with Gasteiger partial charge in [0.2, 0.25) is 0 Å². The first-order valence-electron chi connectivity index (χ1n) is 4.53. The lowest BCUT2D eigenvalue weighted by molar-refractivity contribution is 0.0976. The fraction of sp³-hybridized carbons (Fsp3) is 1.00. The molecular weight excluding hydrogens is 172 g/mol. The maximum Gasteiger partial charge on any atom is 0.0698 e. The first kappa shape index (κ1) is 15.3. The largest absolute Gasteiger partial charge is 0.396 e. The van der Waals surface area contributed by atoms with Crippen molar-refractivity contribution in [1.82, 2.24) is 0 Å². The van der Waals surface area contributed by atoms with Crippen LogP contribution in [-0.2, 0) is 4.74 Å². The van der Waals surface area contributed by atoms with E-state index in [1.807, 2.05) is 0 Å². The summed E-state index contributed by atoms with van der Waals surface area (Å²) in [7, 11) is 0. The molecule has 6 N–H and O–H groups in total. The van der Waals surface area contributed by atoms with Crippen LogP contribution >= 0.6 is 0 Å². The van der Waals surface area contributed by atoms with Crippen molar-refractivity contribution in [2.24, 2.45) is 11.5 Å². The van der Waals surface area contributed by atoms with Crippen molar-refractivity contribution in [2.75, 3.05) is 39.5 Å². The Labute approximate surface area is 79.7 Å². The predicted octanol–water partition coefficient (Wildman–Crippen LogP) is -1.33. The molecule has 0 saturated heterocycles. The second kappa shape index (κ2) is 17.8. The highest BCUT2D eigenvalue weighted by molar-refractivity contribution is 4.34. The molecule has 0 spiro atoms. The Bertz CT molecular complexity index is 66.4. The van der Waals surface area contributed by atoms with Crippen LogP contribution in [0.15, 0.2) is 0 Å². The minimum absolute atomic E-state index is 0.0833. The first-order chi connectivity index (χ1) is 6.33. The molecule has 0 radical (unpaired) electrons. The molecule has 0 aliphatic rings. The van der Waals surface area contributed by atoms with Gasteiger partial charge < -0.3 is 26.4 Å². The standard InChI is InChI=1S/C4H11NO2.C4H11NO/c5-1-3-7-4-2-6;5-3-1-2-4-6/h6H,1-5H2;6H,1-5H2. The fourth-order valence-corrected chi connectivity index (χ4v) is 0.506. The van der Waals surface area contributed by atoms with Crippen LogP contribution in [0.2, 0.25) is 0 Å². The number of aliphatic hydroxyl groups is 2. The first-order valence-corrected chi connectivity index (χ1v) is 4.53. The van der Waals surface area contributed by atoms with Crippen molar-refractivity contribution in [3.63, 3.8) is 0 Å². The number of hydrogen-bond donors (Lipinski definition) is 4. The van der Waals surface area contributed by atoms with Crippen molar-refractivity contribution >= 4 is 0 Å². The highest BCUT2D eigenvalue weighted by atomic mass is 16.5. The molecule has 0 atom stereocenters. The molecule has 0 aromatic rings. The van der Waals surface area contributed by atoms with Crippen molar-refractivity contribution in [3.8, 4) is 0 Å². The summed E-state index contributed by atoms with van der Waals surface area (Å²) in [5.41, 5.74) is 10.2. The summed E-state index contributed by atoms with van der Waals surface area (Å²) in [6, 6.07) is 0. The van der Waals surface area contributed by atoms with Crippen molar-refractivity contribution < 1.29 is 14.9 Å². The van der Waals surface area contributed by atoms with Crippen LogP contribution in [0.1, 0.15) is 12.8 Å². The summed E-state index contributed by atoms with van der Waals surface area (Å²) in [5, 5.41) is 16.3. The molecular formula is C8H22N2O3. The second-order valence-electron chi connectivity index (χ2n) is 2.34. The smallest absolute Gasteiger partial charge is 0.0698 e. The molecule has 0 fully saturated rings. The molecule has 5 heteroatoms. The van der Waals surface area contributed by atoms with E-state index < -0.39 is 0 Å². The number of hydrogen-bond acceptors (Lipinski definition) is 5. The summed E-state index contributed by atoms with van der Waals surface area (Å²) in [4.78, 5) is 0. The van der Waals surface area contributed by atoms with E-state index in [9.17, 15) is 0 Å². The van der Waals surface area contributed by atoms with Crippen molar-refractivity contribution in [2.45, 2.75) is 12.8 Å². The molecule has 0 aromatic carbocycles. The minimum Gasteiger partial charge on any atom is -0.396 e. The Morgan fingerprint density at radius 2 is 1.54 bits per heavy atom. The van der Waals surface area contributed by atoms with E-state index >= 15 is 0 Å². The normalized spacial score (nSPS) is 9.23. The fourth-order valence-electron chi connectivity index (χ4n) is 0.506. The average molecular weight is 194 g/mol. The van der Waals surface area contributed by atoms with Crippen LogP contribution in [-0.4, -0.2) is 49.7 Å². The van der Waals surface area contributed by atoms with Crippen LogP contribution in [0.25, 0.3) is 0 Å². The van der Waals surface area contributed by atoms with Gasteiger partial charge in [-0.25, -0.2) is 0 Å². The van der Waals surface area contributed by atoms with Crippen molar-refractivity contribution in [1.29, 1.82) is 0 Å². The maximum atomic E-state index is 8.14. The highest BCUT2D eigenvalue weighted by Gasteiger charge is 1.78. The zero-order valence-electron chi connectivity index (χ0n) is 8.11. The zero-order chi connectivity index (χ0) is 10.4. The van der Waals surface area contributed by atoms with Gasteiger partial charge in [0.05, 0.1) is 19.8 Å². The topological polar surface area (TPSA) is 102 Å². The summed E-state index contributed by atoms with van der Waals surface area (Å²) in [6.07, 6.45) is 1.78. The summed E-state index contributed by atoms with van der Waals surface area (Å²) in [6.45, 7) is 2.52. The SMILES string of the molecule is NCCCCO.NCCOCCO. The lowest BCUT2D eigenvalue weighted by Crippen LogP contribution is -2.10. The number of rotatable bonds is 7. The van der Waals surface area contributed by atoms with E-state index in [0.717, 1.165) is 12.8 Å². The zero-order valence-corrected chi connectivity index (χ0v) is 8.11. The van der Waals surface area contributed by atoms with E-state index in [-0.39, 0.29) is 13.2 Å². The monoisotopic (exact) mass is 194 g/mol. The lowest BCUT2D eigenvalue weighted by Gasteiger charge is -1.95. The van der Waals surface area contributed by atoms with Gasteiger partial charge in [-0.2, -0.15) is 0 Å². The van der Waals surface area contributed by atoms with Gasteiger partial charge >= 0.3 is 0 Å². The lowest BCUT2D eigenvalue weighted by atomic mass is 10.3. The Kier molecular flexibility index (Phi) is 20.9. The Hall–Kier alpha value is -0.200. The van der Waals surface area contributed by atoms with E-state index in [1.54, 1.807) is 0 Å². The molecule has 0 aliphatic carbocycles. The second-order valence-corrected chi connectivity index (χ2v) is 2.34. The number of ether oxygens (including phenoxy) is 1. The summed E-state index contributed by atoms with van der Waals surface area (Å²) < 4.78 is 4.76. The molecule has 0 unspecified atom stereocenters. The molecule has 0 bridgehead atoms. The van der Waals surface area contributed by atoms with Gasteiger partial charge in [-0.05, 0) is 19.4 Å². The number of nitrogens with two attached hydrogens (primary N) is 2. The van der Waals surface area contributed by atoms with Gasteiger partial charge in [-0.15, -0.1) is 0 Å². The van der Waals surface area contributed by atoms with E-state index in [0.29, 0.717) is 26.3 Å². The van der Waals surface area contributed by atoms with E-state index in [4.69, 9.17) is 26.4 Å². The average Bonchev–Trinajstić information content (AvgIpc) is 2.17. The Balaban J connectivity index is 0. The molecule has 82 valence electrons. The minimum atomic E-state index is 0.0833. The van der Waals surface area contributed by atoms with Crippen molar-refractivity contribution in [3.05, 3.63) is 0 Å². The van der Waals surface area contributed by atoms with Crippen LogP contribution in [0, 0.1) is 0 Å². The third-order valence-corrected chi connectivity index (χ3v) is 1.11. The number of unbranched alkanes of at least 4 members (excludes halogenated alkanes) is 1. The van der Waals surface area contributed by atoms with E-state index in [2.05, 4.69) is 0 Å². The molecule has 0 rings (SSSR count). The van der Waals surface area contributed by atoms with Gasteiger partial charge in [0.1, 0.15) is 0 Å². The van der Waals surface area contributed by atoms with Gasteiger partial charge in [0.15, 0.2) is 0 Å². The van der Waals surface area contributed by atoms with Crippen LogP contribution in [0.3, 0.4) is 0 Å². The van der Waals surface area contributed by atoms with Gasteiger partial charge in [0, 0.05) is 13.2 Å². The molecule has 0 aliphatic heterocycles. The third-order valence-electron chi connectivity index (χ3n) is 1.11. The molecule has 5 nitrogen and oxygen atoms in total. The van der Waals surface area contributed by atoms with E-state index in [1.165, 1.54) is 0 Å². The maximum absolute atomic E-state index is 8.14. The quantitative estimate of drug-likeness (QED) is 0.376. The molecule has 13 heavy (non-hydrogen) atoms. The van der Waals surface area contributed by atoms with Crippen LogP contribution < -0.4 is 11.5 Å². The third kappa shape index (κ3) is 24.5. The Morgan fingerprint density at radius 3 is 1.85 bits per heavy atom. The molecule has 0 saturated carbocycles.